The fourth-order valence-corrected chi connectivity index (χ4v) is 3.29. The van der Waals surface area contributed by atoms with Crippen molar-refractivity contribution in [3.8, 4) is 5.75 Å². The van der Waals surface area contributed by atoms with Crippen LogP contribution in [0.3, 0.4) is 0 Å². The summed E-state index contributed by atoms with van der Waals surface area (Å²) in [6.45, 7) is -0.433. The Balaban J connectivity index is 1.55. The van der Waals surface area contributed by atoms with Crippen molar-refractivity contribution >= 4 is 17.6 Å². The first-order chi connectivity index (χ1) is 14.7. The number of hydrogen-bond acceptors (Lipinski definition) is 6. The maximum atomic E-state index is 12.9. The fraction of sp³-hybridized carbons (Fsp3) is 0.174. The molecule has 0 fully saturated rings. The second kappa shape index (κ2) is 8.65. The average molecular weight is 404 g/mol. The molecule has 2 aromatic carbocycles. The number of ether oxygens (including phenoxy) is 2. The molecule has 0 spiro atoms. The van der Waals surface area contributed by atoms with E-state index in [4.69, 9.17) is 13.9 Å². The molecule has 0 aliphatic carbocycles. The summed E-state index contributed by atoms with van der Waals surface area (Å²) in [5, 5.41) is 5.94. The maximum Gasteiger partial charge on any atom is 0.374 e. The van der Waals surface area contributed by atoms with E-state index in [9.17, 15) is 9.59 Å². The van der Waals surface area contributed by atoms with Gasteiger partial charge in [-0.15, -0.1) is 0 Å². The minimum atomic E-state index is -0.694. The third-order valence-electron chi connectivity index (χ3n) is 4.82. The highest BCUT2D eigenvalue weighted by atomic mass is 16.5. The Morgan fingerprint density at radius 3 is 2.50 bits per heavy atom. The van der Waals surface area contributed by atoms with E-state index >= 15 is 0 Å². The van der Waals surface area contributed by atoms with Gasteiger partial charge in [0, 0.05) is 6.42 Å². The number of methoxy groups -OCH3 is 1. The van der Waals surface area contributed by atoms with Crippen molar-refractivity contribution in [2.75, 3.05) is 13.7 Å². The maximum absolute atomic E-state index is 12.9. The fourth-order valence-electron chi connectivity index (χ4n) is 3.29. The lowest BCUT2D eigenvalue weighted by Gasteiger charge is -2.22. The highest BCUT2D eigenvalue weighted by molar-refractivity contribution is 6.03. The van der Waals surface area contributed by atoms with E-state index in [0.29, 0.717) is 6.42 Å². The molecule has 0 bridgehead atoms. The first-order valence-corrected chi connectivity index (χ1v) is 9.45. The van der Waals surface area contributed by atoms with Crippen molar-refractivity contribution in [2.45, 2.75) is 12.5 Å². The first kappa shape index (κ1) is 19.4. The van der Waals surface area contributed by atoms with Gasteiger partial charge in [-0.1, -0.05) is 42.5 Å². The summed E-state index contributed by atoms with van der Waals surface area (Å²) in [4.78, 5) is 24.9. The summed E-state index contributed by atoms with van der Waals surface area (Å²) >= 11 is 0. The molecular weight excluding hydrogens is 384 g/mol. The molecule has 0 radical (unpaired) electrons. The highest BCUT2D eigenvalue weighted by Crippen LogP contribution is 2.33. The molecule has 2 heterocycles. The van der Waals surface area contributed by atoms with Gasteiger partial charge in [0.15, 0.2) is 6.61 Å². The van der Waals surface area contributed by atoms with Gasteiger partial charge in [-0.05, 0) is 35.4 Å². The zero-order valence-electron chi connectivity index (χ0n) is 16.4. The number of carbonyl (C=O) groups excluding carboxylic acids is 2. The first-order valence-electron chi connectivity index (χ1n) is 9.45. The van der Waals surface area contributed by atoms with Crippen molar-refractivity contribution in [1.82, 2.24) is 5.01 Å². The SMILES string of the molecule is COc1ccc([C@@H]2CC(c3ccccc3)=NN2C(=O)COC(=O)c2ccco2)cc1. The zero-order valence-corrected chi connectivity index (χ0v) is 16.4. The van der Waals surface area contributed by atoms with Crippen LogP contribution in [0.1, 0.15) is 34.1 Å². The second-order valence-corrected chi connectivity index (χ2v) is 6.70. The van der Waals surface area contributed by atoms with Crippen LogP contribution in [0.2, 0.25) is 0 Å². The Bertz CT molecular complexity index is 1040. The Kier molecular flexibility index (Phi) is 5.61. The molecule has 0 N–H and O–H groups in total. The summed E-state index contributed by atoms with van der Waals surface area (Å²) in [6.07, 6.45) is 1.92. The number of hydrogen-bond donors (Lipinski definition) is 0. The smallest absolute Gasteiger partial charge is 0.374 e. The Morgan fingerprint density at radius 2 is 1.83 bits per heavy atom. The summed E-state index contributed by atoms with van der Waals surface area (Å²) in [5.74, 6) is -0.335. The molecule has 7 nitrogen and oxygen atoms in total. The molecule has 1 atom stereocenters. The average Bonchev–Trinajstić information content (AvgIpc) is 3.48. The quantitative estimate of drug-likeness (QED) is 0.584. The molecule has 0 saturated heterocycles. The largest absolute Gasteiger partial charge is 0.497 e. The van der Waals surface area contributed by atoms with Crippen LogP contribution in [-0.4, -0.2) is 36.3 Å². The summed E-state index contributed by atoms with van der Waals surface area (Å²) < 4.78 is 15.3. The van der Waals surface area contributed by atoms with E-state index in [2.05, 4.69) is 5.10 Å². The number of rotatable bonds is 6. The van der Waals surface area contributed by atoms with Gasteiger partial charge in [-0.25, -0.2) is 9.80 Å². The molecule has 0 saturated carbocycles. The molecule has 0 unspecified atom stereocenters. The summed E-state index contributed by atoms with van der Waals surface area (Å²) in [6, 6.07) is 19.9. The van der Waals surface area contributed by atoms with E-state index in [-0.39, 0.29) is 11.8 Å². The highest BCUT2D eigenvalue weighted by Gasteiger charge is 2.33. The monoisotopic (exact) mass is 404 g/mol. The van der Waals surface area contributed by atoms with Gasteiger partial charge < -0.3 is 13.9 Å². The molecule has 4 rings (SSSR count). The van der Waals surface area contributed by atoms with Crippen LogP contribution >= 0.6 is 0 Å². The van der Waals surface area contributed by atoms with Crippen LogP contribution in [0.5, 0.6) is 5.75 Å². The van der Waals surface area contributed by atoms with E-state index in [1.54, 1.807) is 13.2 Å². The number of furan rings is 1. The third kappa shape index (κ3) is 4.10. The van der Waals surface area contributed by atoms with Gasteiger partial charge in [0.1, 0.15) is 5.75 Å². The molecule has 1 amide bonds. The zero-order chi connectivity index (χ0) is 20.9. The van der Waals surface area contributed by atoms with Crippen molar-refractivity contribution < 1.29 is 23.5 Å². The van der Waals surface area contributed by atoms with Crippen LogP contribution in [0.15, 0.2) is 82.5 Å². The Morgan fingerprint density at radius 1 is 1.07 bits per heavy atom. The standard InChI is InChI=1S/C23H20N2O5/c1-28-18-11-9-17(10-12-18)20-14-19(16-6-3-2-4-7-16)24-25(20)22(26)15-30-23(27)21-8-5-13-29-21/h2-13,20H,14-15H2,1H3/t20-/m0/s1. The molecule has 3 aromatic rings. The van der Waals surface area contributed by atoms with Gasteiger partial charge in [0.25, 0.3) is 5.91 Å². The van der Waals surface area contributed by atoms with Crippen molar-refractivity contribution in [1.29, 1.82) is 0 Å². The van der Waals surface area contributed by atoms with Gasteiger partial charge in [0.2, 0.25) is 5.76 Å². The third-order valence-corrected chi connectivity index (χ3v) is 4.82. The summed E-state index contributed by atoms with van der Waals surface area (Å²) in [7, 11) is 1.60. The lowest BCUT2D eigenvalue weighted by atomic mass is 9.98. The van der Waals surface area contributed by atoms with Gasteiger partial charge in [-0.2, -0.15) is 5.10 Å². The van der Waals surface area contributed by atoms with Crippen LogP contribution in [0, 0.1) is 0 Å². The number of carbonyl (C=O) groups is 2. The lowest BCUT2D eigenvalue weighted by molar-refractivity contribution is -0.136. The van der Waals surface area contributed by atoms with Crippen molar-refractivity contribution in [2.24, 2.45) is 5.10 Å². The molecule has 152 valence electrons. The van der Waals surface area contributed by atoms with Gasteiger partial charge >= 0.3 is 5.97 Å². The molecule has 1 aromatic heterocycles. The predicted octanol–water partition coefficient (Wildman–Crippen LogP) is 3.82. The Hall–Kier alpha value is -3.87. The topological polar surface area (TPSA) is 81.3 Å². The minimum Gasteiger partial charge on any atom is -0.497 e. The number of benzene rings is 2. The summed E-state index contributed by atoms with van der Waals surface area (Å²) in [5.41, 5.74) is 2.65. The molecule has 30 heavy (non-hydrogen) atoms. The van der Waals surface area contributed by atoms with E-state index in [0.717, 1.165) is 22.6 Å². The van der Waals surface area contributed by atoms with Crippen molar-refractivity contribution in [3.63, 3.8) is 0 Å². The van der Waals surface area contributed by atoms with Crippen LogP contribution in [0.4, 0.5) is 0 Å². The lowest BCUT2D eigenvalue weighted by Crippen LogP contribution is -2.31. The molecule has 1 aliphatic rings. The van der Waals surface area contributed by atoms with Gasteiger partial charge in [-0.3, -0.25) is 4.79 Å². The van der Waals surface area contributed by atoms with Crippen LogP contribution < -0.4 is 4.74 Å². The van der Waals surface area contributed by atoms with E-state index in [1.807, 2.05) is 54.6 Å². The number of esters is 1. The number of hydrazone groups is 1. The van der Waals surface area contributed by atoms with E-state index in [1.165, 1.54) is 17.3 Å². The molecular formula is C23H20N2O5. The normalized spacial score (nSPS) is 15.6. The van der Waals surface area contributed by atoms with Crippen LogP contribution in [-0.2, 0) is 9.53 Å². The van der Waals surface area contributed by atoms with Gasteiger partial charge in [0.05, 0.1) is 25.1 Å². The molecule has 7 heteroatoms. The number of amides is 1. The van der Waals surface area contributed by atoms with E-state index < -0.39 is 18.5 Å². The van der Waals surface area contributed by atoms with Crippen molar-refractivity contribution in [3.05, 3.63) is 89.9 Å². The number of nitrogens with zero attached hydrogens (tertiary/aromatic N) is 2. The van der Waals surface area contributed by atoms with Crippen LogP contribution in [0.25, 0.3) is 0 Å². The minimum absolute atomic E-state index is 0.0457. The molecule has 1 aliphatic heterocycles. The Labute approximate surface area is 173 Å². The predicted molar refractivity (Wildman–Crippen MR) is 109 cm³/mol. The second-order valence-electron chi connectivity index (χ2n) is 6.70.